The Morgan fingerprint density at radius 3 is 2.48 bits per heavy atom. The highest BCUT2D eigenvalue weighted by atomic mass is 35.5. The number of piperidine rings is 1. The Bertz CT molecular complexity index is 485. The molecule has 1 aromatic carbocycles. The van der Waals surface area contributed by atoms with E-state index in [4.69, 9.17) is 22.1 Å². The third kappa shape index (κ3) is 4.48. The molecule has 2 N–H and O–H groups in total. The van der Waals surface area contributed by atoms with E-state index in [9.17, 15) is 0 Å². The number of benzene rings is 1. The maximum Gasteiger partial charge on any atom is 0.0598 e. The molecule has 2 atom stereocenters. The molecule has 128 valence electrons. The molecule has 0 radical (unpaired) electrons. The molecule has 0 spiro atoms. The summed E-state index contributed by atoms with van der Waals surface area (Å²) in [4.78, 5) is 2.75. The van der Waals surface area contributed by atoms with Crippen LogP contribution in [0.1, 0.15) is 44.1 Å². The van der Waals surface area contributed by atoms with Crippen molar-refractivity contribution in [3.05, 3.63) is 34.9 Å². The number of hydrogen-bond acceptors (Lipinski definition) is 3. The average Bonchev–Trinajstić information content (AvgIpc) is 2.58. The zero-order valence-corrected chi connectivity index (χ0v) is 14.8. The highest BCUT2D eigenvalue weighted by molar-refractivity contribution is 6.30. The van der Waals surface area contributed by atoms with Crippen LogP contribution in [0, 0.1) is 0 Å². The fraction of sp³-hybridized carbons (Fsp3) is 0.684. The lowest BCUT2D eigenvalue weighted by atomic mass is 9.86. The Morgan fingerprint density at radius 2 is 1.83 bits per heavy atom. The van der Waals surface area contributed by atoms with Crippen LogP contribution in [0.4, 0.5) is 0 Å². The van der Waals surface area contributed by atoms with E-state index in [0.29, 0.717) is 24.2 Å². The van der Waals surface area contributed by atoms with Crippen molar-refractivity contribution in [2.24, 2.45) is 5.73 Å². The fourth-order valence-corrected chi connectivity index (χ4v) is 4.38. The highest BCUT2D eigenvalue weighted by Gasteiger charge is 2.34. The highest BCUT2D eigenvalue weighted by Crippen LogP contribution is 2.31. The largest absolute Gasteiger partial charge is 0.381 e. The molecule has 1 aliphatic heterocycles. The van der Waals surface area contributed by atoms with Gasteiger partial charge in [-0.3, -0.25) is 4.90 Å². The van der Waals surface area contributed by atoms with Gasteiger partial charge in [0.25, 0.3) is 0 Å². The van der Waals surface area contributed by atoms with Crippen LogP contribution in [-0.4, -0.2) is 42.8 Å². The van der Waals surface area contributed by atoms with Crippen molar-refractivity contribution in [2.45, 2.75) is 69.2 Å². The number of likely N-dealkylation sites (tertiary alicyclic amines) is 1. The lowest BCUT2D eigenvalue weighted by Crippen LogP contribution is -2.52. The molecule has 2 fully saturated rings. The second kappa shape index (κ2) is 7.98. The third-order valence-electron chi connectivity index (χ3n) is 5.64. The maximum absolute atomic E-state index is 6.09. The summed E-state index contributed by atoms with van der Waals surface area (Å²) in [7, 11) is 1.85. The molecule has 1 saturated heterocycles. The number of methoxy groups -OCH3 is 1. The normalized spacial score (nSPS) is 32.8. The van der Waals surface area contributed by atoms with Crippen LogP contribution in [0.25, 0.3) is 0 Å². The summed E-state index contributed by atoms with van der Waals surface area (Å²) < 4.78 is 5.66. The van der Waals surface area contributed by atoms with Gasteiger partial charge in [-0.05, 0) is 62.6 Å². The molecule has 3 nitrogen and oxygen atoms in total. The van der Waals surface area contributed by atoms with E-state index in [0.717, 1.165) is 30.8 Å². The lowest BCUT2D eigenvalue weighted by Gasteiger charge is -2.45. The quantitative estimate of drug-likeness (QED) is 0.912. The third-order valence-corrected chi connectivity index (χ3v) is 5.89. The SMILES string of the molecule is CO[C@H]1CCN(C2CCC(N)CC2)[C@@H](Cc2ccc(Cl)cc2)C1. The predicted octanol–water partition coefficient (Wildman–Crippen LogP) is 3.63. The van der Waals surface area contributed by atoms with Crippen LogP contribution < -0.4 is 5.73 Å². The van der Waals surface area contributed by atoms with Crippen molar-refractivity contribution in [3.8, 4) is 0 Å². The van der Waals surface area contributed by atoms with Gasteiger partial charge in [-0.15, -0.1) is 0 Å². The zero-order valence-electron chi connectivity index (χ0n) is 14.1. The monoisotopic (exact) mass is 336 g/mol. The van der Waals surface area contributed by atoms with Gasteiger partial charge in [0.2, 0.25) is 0 Å². The molecular formula is C19H29ClN2O. The average molecular weight is 337 g/mol. The first-order chi connectivity index (χ1) is 11.2. The van der Waals surface area contributed by atoms with E-state index >= 15 is 0 Å². The Kier molecular flexibility index (Phi) is 5.97. The van der Waals surface area contributed by atoms with Crippen LogP contribution in [0.2, 0.25) is 5.02 Å². The van der Waals surface area contributed by atoms with E-state index in [2.05, 4.69) is 17.0 Å². The minimum atomic E-state index is 0.398. The number of hydrogen-bond donors (Lipinski definition) is 1. The Morgan fingerprint density at radius 1 is 1.13 bits per heavy atom. The Hall–Kier alpha value is -0.610. The van der Waals surface area contributed by atoms with Crippen molar-refractivity contribution in [3.63, 3.8) is 0 Å². The van der Waals surface area contributed by atoms with Gasteiger partial charge in [0.1, 0.15) is 0 Å². The van der Waals surface area contributed by atoms with Crippen LogP contribution in [-0.2, 0) is 11.2 Å². The standard InChI is InChI=1S/C19H29ClN2O/c1-23-19-10-11-22(17-8-6-16(21)7-9-17)18(13-19)12-14-2-4-15(20)5-3-14/h2-5,16-19H,6-13,21H2,1H3/t16?,17?,18-,19-/m0/s1. The first kappa shape index (κ1) is 17.2. The molecule has 4 heteroatoms. The summed E-state index contributed by atoms with van der Waals surface area (Å²) in [6.45, 7) is 1.15. The van der Waals surface area contributed by atoms with Crippen molar-refractivity contribution >= 4 is 11.6 Å². The van der Waals surface area contributed by atoms with Crippen molar-refractivity contribution in [1.29, 1.82) is 0 Å². The maximum atomic E-state index is 6.09. The van der Waals surface area contributed by atoms with Gasteiger partial charge in [0.05, 0.1) is 6.10 Å². The van der Waals surface area contributed by atoms with Gasteiger partial charge in [-0.25, -0.2) is 0 Å². The molecule has 0 bridgehead atoms. The summed E-state index contributed by atoms with van der Waals surface area (Å²) in [6, 6.07) is 9.99. The molecule has 3 rings (SSSR count). The topological polar surface area (TPSA) is 38.5 Å². The van der Waals surface area contributed by atoms with E-state index in [1.807, 2.05) is 19.2 Å². The molecule has 1 aromatic rings. The Balaban J connectivity index is 1.69. The van der Waals surface area contributed by atoms with Gasteiger partial charge < -0.3 is 10.5 Å². The van der Waals surface area contributed by atoms with Crippen molar-refractivity contribution in [2.75, 3.05) is 13.7 Å². The molecule has 2 aliphatic rings. The molecule has 1 aliphatic carbocycles. The van der Waals surface area contributed by atoms with Crippen LogP contribution in [0.3, 0.4) is 0 Å². The first-order valence-corrected chi connectivity index (χ1v) is 9.32. The van der Waals surface area contributed by atoms with Crippen LogP contribution in [0.5, 0.6) is 0 Å². The first-order valence-electron chi connectivity index (χ1n) is 8.94. The molecule has 0 amide bonds. The fourth-order valence-electron chi connectivity index (χ4n) is 4.25. The van der Waals surface area contributed by atoms with E-state index in [1.165, 1.54) is 31.2 Å². The number of nitrogens with two attached hydrogens (primary N) is 1. The van der Waals surface area contributed by atoms with Gasteiger partial charge in [-0.1, -0.05) is 23.7 Å². The van der Waals surface area contributed by atoms with E-state index < -0.39 is 0 Å². The molecular weight excluding hydrogens is 308 g/mol. The number of rotatable bonds is 4. The van der Waals surface area contributed by atoms with Crippen LogP contribution in [0.15, 0.2) is 24.3 Å². The minimum Gasteiger partial charge on any atom is -0.381 e. The van der Waals surface area contributed by atoms with Gasteiger partial charge in [0, 0.05) is 36.8 Å². The second-order valence-corrected chi connectivity index (χ2v) is 7.61. The molecule has 23 heavy (non-hydrogen) atoms. The summed E-state index contributed by atoms with van der Waals surface area (Å²) in [5.74, 6) is 0. The molecule has 1 saturated carbocycles. The Labute approximate surface area is 145 Å². The summed E-state index contributed by atoms with van der Waals surface area (Å²) in [6.07, 6.45) is 8.59. The van der Waals surface area contributed by atoms with E-state index in [-0.39, 0.29) is 0 Å². The molecule has 0 aromatic heterocycles. The summed E-state index contributed by atoms with van der Waals surface area (Å²) in [5.41, 5.74) is 7.46. The number of ether oxygens (including phenoxy) is 1. The van der Waals surface area contributed by atoms with E-state index in [1.54, 1.807) is 0 Å². The number of halogens is 1. The van der Waals surface area contributed by atoms with Gasteiger partial charge >= 0.3 is 0 Å². The zero-order chi connectivity index (χ0) is 16.2. The lowest BCUT2D eigenvalue weighted by molar-refractivity contribution is -0.0143. The minimum absolute atomic E-state index is 0.398. The van der Waals surface area contributed by atoms with Crippen molar-refractivity contribution in [1.82, 2.24) is 4.90 Å². The van der Waals surface area contributed by atoms with Crippen molar-refractivity contribution < 1.29 is 4.74 Å². The second-order valence-electron chi connectivity index (χ2n) is 7.17. The van der Waals surface area contributed by atoms with Gasteiger partial charge in [-0.2, -0.15) is 0 Å². The predicted molar refractivity (Wildman–Crippen MR) is 95.9 cm³/mol. The summed E-state index contributed by atoms with van der Waals surface area (Å²) in [5, 5.41) is 0.810. The number of nitrogens with zero attached hydrogens (tertiary/aromatic N) is 1. The molecule has 1 heterocycles. The smallest absolute Gasteiger partial charge is 0.0598 e. The summed E-state index contributed by atoms with van der Waals surface area (Å²) >= 11 is 6.02. The van der Waals surface area contributed by atoms with Crippen LogP contribution >= 0.6 is 11.6 Å². The molecule has 0 unspecified atom stereocenters. The van der Waals surface area contributed by atoms with Gasteiger partial charge in [0.15, 0.2) is 0 Å².